The normalized spacial score (nSPS) is 26.0. The number of hydrogen-bond acceptors (Lipinski definition) is 1. The first-order valence-corrected chi connectivity index (χ1v) is 1.12. The number of fused-ring (bicyclic) bond motifs is 1. The Bertz CT molecular complexity index is 98.5. The molecule has 0 aliphatic carbocycles. The molecule has 0 saturated carbocycles. The third-order valence-electron chi connectivity index (χ3n) is 0.512. The summed E-state index contributed by atoms with van der Waals surface area (Å²) < 4.78 is 1.71. The summed E-state index contributed by atoms with van der Waals surface area (Å²) in [6.45, 7) is 0. The highest BCUT2D eigenvalue weighted by Gasteiger charge is 2.54. The second-order valence-corrected chi connectivity index (χ2v) is 0.847. The van der Waals surface area contributed by atoms with Crippen molar-refractivity contribution in [3.8, 4) is 0 Å². The molecular weight excluding hydrogens is 52.0 g/mol. The van der Waals surface area contributed by atoms with Crippen molar-refractivity contribution in [2.45, 2.75) is 0 Å². The van der Waals surface area contributed by atoms with E-state index in [-0.39, 0.29) is 0 Å². The second-order valence-electron chi connectivity index (χ2n) is 0.847. The first kappa shape index (κ1) is 0.971. The van der Waals surface area contributed by atoms with Crippen LogP contribution in [0.3, 0.4) is 0 Å². The Kier molecular flexibility index (Phi) is 0.0189. The Balaban J connectivity index is 3.10. The van der Waals surface area contributed by atoms with Gasteiger partial charge in [0.1, 0.15) is 0 Å². The monoisotopic (exact) mass is 52.0 g/mol. The van der Waals surface area contributed by atoms with Crippen molar-refractivity contribution in [2.75, 3.05) is 0 Å². The molecule has 0 aromatic carbocycles. The fourth-order valence-electron chi connectivity index (χ4n) is 0.145. The summed E-state index contributed by atoms with van der Waals surface area (Å²) >= 11 is 0. The average molecular weight is 52.0 g/mol. The number of nitrogens with zero attached hydrogens (tertiary/aromatic N) is 2. The molecule has 4 heavy (non-hydrogen) atoms. The highest BCUT2D eigenvalue weighted by Crippen LogP contribution is 2.08. The van der Waals surface area contributed by atoms with Gasteiger partial charge in [-0.3, -0.25) is 0 Å². The van der Waals surface area contributed by atoms with E-state index in [2.05, 4.69) is 11.3 Å². The molecule has 0 aromatic rings. The largest absolute Gasteiger partial charge is 0.473 e. The van der Waals surface area contributed by atoms with Gasteiger partial charge < -0.3 is 0 Å². The average Bonchev–Trinajstić information content (AvgIpc) is 1.36. The fourth-order valence-corrected chi connectivity index (χ4v) is 0.145. The zero-order valence-corrected chi connectivity index (χ0v) is 1.89. The van der Waals surface area contributed by atoms with Crippen LogP contribution < -0.4 is 0 Å². The van der Waals surface area contributed by atoms with Gasteiger partial charge in [0.2, 0.25) is 0 Å². The van der Waals surface area contributed by atoms with Crippen LogP contribution in [0.5, 0.6) is 0 Å². The Labute approximate surface area is 23.1 Å². The zero-order valence-electron chi connectivity index (χ0n) is 1.89. The van der Waals surface area contributed by atoms with Gasteiger partial charge in [-0.25, -0.2) is 0 Å². The Hall–Kier alpha value is -0.660. The molecule has 0 bridgehead atoms. The van der Waals surface area contributed by atoms with Crippen molar-refractivity contribution in [2.24, 2.45) is 5.10 Å². The summed E-state index contributed by atoms with van der Waals surface area (Å²) in [4.78, 5) is 0. The van der Waals surface area contributed by atoms with E-state index >= 15 is 0 Å². The minimum Gasteiger partial charge on any atom is 0.0247 e. The molecule has 17 valence electrons. The minimum atomic E-state index is 1.04. The summed E-state index contributed by atoms with van der Waals surface area (Å²) in [5.41, 5.74) is 0. The van der Waals surface area contributed by atoms with Gasteiger partial charge in [0.15, 0.2) is 5.10 Å². The van der Waals surface area contributed by atoms with Crippen molar-refractivity contribution in [3.05, 3.63) is 0 Å². The summed E-state index contributed by atoms with van der Waals surface area (Å²) in [7, 11) is 0. The van der Waals surface area contributed by atoms with Crippen LogP contribution in [0.2, 0.25) is 0 Å². The molecule has 0 aromatic heterocycles. The van der Waals surface area contributed by atoms with Crippen LogP contribution in [0, 0.1) is 0 Å². The van der Waals surface area contributed by atoms with Gasteiger partial charge in [0.25, 0.3) is 0 Å². The van der Waals surface area contributed by atoms with Crippen LogP contribution in [-0.4, -0.2) is 16.7 Å². The first-order chi connectivity index (χ1) is 1.97. The second kappa shape index (κ2) is 0.0780. The molecule has 2 aliphatic rings. The van der Waals surface area contributed by atoms with Crippen LogP contribution in [0.25, 0.3) is 0 Å². The van der Waals surface area contributed by atoms with Gasteiger partial charge in [-0.15, -0.1) is 0 Å². The van der Waals surface area contributed by atoms with E-state index < -0.39 is 0 Å². The van der Waals surface area contributed by atoms with E-state index in [0.717, 1.165) is 5.84 Å². The summed E-state index contributed by atoms with van der Waals surface area (Å²) in [5, 5.41) is 3.64. The van der Waals surface area contributed by atoms with E-state index in [1.54, 1.807) is 4.68 Å². The van der Waals surface area contributed by atoms with Crippen LogP contribution in [-0.2, 0) is 0 Å². The van der Waals surface area contributed by atoms with Crippen LogP contribution in [0.15, 0.2) is 5.10 Å². The van der Waals surface area contributed by atoms with E-state index in [9.17, 15) is 0 Å². The lowest BCUT2D eigenvalue weighted by Crippen LogP contribution is -1.45. The van der Waals surface area contributed by atoms with Crippen molar-refractivity contribution < 1.29 is 4.68 Å². The lowest BCUT2D eigenvalue weighted by atomic mass is 10.9. The van der Waals surface area contributed by atoms with Crippen molar-refractivity contribution in [1.29, 1.82) is 0 Å². The third kappa shape index (κ3) is 0.00288. The van der Waals surface area contributed by atoms with Gasteiger partial charge in [-0.05, 0) is 0 Å². The van der Waals surface area contributed by atoms with E-state index in [1.807, 2.05) is 0 Å². The van der Waals surface area contributed by atoms with E-state index in [0.29, 0.717) is 0 Å². The van der Waals surface area contributed by atoms with E-state index in [1.165, 1.54) is 0 Å². The number of rotatable bonds is 0. The predicted octanol–water partition coefficient (Wildman–Crippen LogP) is -0.713. The predicted molar refractivity (Wildman–Crippen MR) is 12.7 cm³/mol. The molecule has 1 radical (unpaired) electrons. The molecule has 2 heteroatoms. The van der Waals surface area contributed by atoms with Gasteiger partial charge in [-0.1, -0.05) is 0 Å². The Morgan fingerprint density at radius 1 is 2.00 bits per heavy atom. The van der Waals surface area contributed by atoms with Crippen LogP contribution in [0.4, 0.5) is 0 Å². The summed E-state index contributed by atoms with van der Waals surface area (Å²) in [5.74, 6) is 1.04. The molecule has 2 rings (SSSR count). The number of hydrazone groups is 1. The minimum absolute atomic E-state index is 1.04. The van der Waals surface area contributed by atoms with Gasteiger partial charge in [0.05, 0.1) is 0 Å². The molecule has 0 spiro atoms. The molecule has 0 amide bonds. The molecule has 2 nitrogen and oxygen atoms in total. The smallest absolute Gasteiger partial charge is 0.0247 e. The number of amidine groups is 1. The molecule has 2 heterocycles. The third-order valence-corrected chi connectivity index (χ3v) is 0.512. The van der Waals surface area contributed by atoms with Crippen molar-refractivity contribution >= 4 is 12.1 Å². The maximum atomic E-state index is 3.64. The number of hydrogen-bond donors (Lipinski definition) is 0. The molecule has 2 aliphatic heterocycles. The van der Waals surface area contributed by atoms with E-state index in [4.69, 9.17) is 0 Å². The summed E-state index contributed by atoms with van der Waals surface area (Å²) in [6.07, 6.45) is 2.78. The van der Waals surface area contributed by atoms with Gasteiger partial charge >= 0.3 is 12.1 Å². The molecule has 0 atom stereocenters. The summed E-state index contributed by atoms with van der Waals surface area (Å²) in [6, 6.07) is 0. The fraction of sp³-hybridized carbons (Fsp3) is 0. The van der Waals surface area contributed by atoms with Gasteiger partial charge in [0, 0.05) is 4.68 Å². The standard InChI is InChI=1S/C2N2/c1-2-3-4(1)2/q+1. The molecule has 0 unspecified atom stereocenters. The molecule has 0 N–H and O–H groups in total. The molecular formula is C2N2+. The SMILES string of the molecule is [C]1=[N+]2N=C12. The quantitative estimate of drug-likeness (QED) is 0.323. The van der Waals surface area contributed by atoms with Crippen LogP contribution >= 0.6 is 0 Å². The van der Waals surface area contributed by atoms with Crippen molar-refractivity contribution in [1.82, 2.24) is 0 Å². The molecule has 0 saturated heterocycles. The first-order valence-electron chi connectivity index (χ1n) is 1.12. The lowest BCUT2D eigenvalue weighted by Gasteiger charge is -1.11. The highest BCUT2D eigenvalue weighted by molar-refractivity contribution is 6.38. The maximum Gasteiger partial charge on any atom is 0.473 e. The molecule has 0 fully saturated rings. The zero-order chi connectivity index (χ0) is 2.57. The van der Waals surface area contributed by atoms with Gasteiger partial charge in [-0.2, -0.15) is 0 Å². The Morgan fingerprint density at radius 3 is 2.25 bits per heavy atom. The highest BCUT2D eigenvalue weighted by atomic mass is 15.6. The topological polar surface area (TPSA) is 15.4 Å². The maximum absolute atomic E-state index is 3.64. The Morgan fingerprint density at radius 2 is 2.25 bits per heavy atom. The van der Waals surface area contributed by atoms with Crippen molar-refractivity contribution in [3.63, 3.8) is 0 Å². The lowest BCUT2D eigenvalue weighted by molar-refractivity contribution is -0.278. The van der Waals surface area contributed by atoms with Crippen LogP contribution in [0.1, 0.15) is 0 Å².